The van der Waals surface area contributed by atoms with E-state index in [1.54, 1.807) is 32.6 Å². The third-order valence-electron chi connectivity index (χ3n) is 5.89. The summed E-state index contributed by atoms with van der Waals surface area (Å²) < 4.78 is 5.35. The summed E-state index contributed by atoms with van der Waals surface area (Å²) in [7, 11) is 0. The predicted molar refractivity (Wildman–Crippen MR) is 146 cm³/mol. The van der Waals surface area contributed by atoms with E-state index in [9.17, 15) is 14.4 Å². The molecule has 7 nitrogen and oxygen atoms in total. The van der Waals surface area contributed by atoms with Crippen molar-refractivity contribution in [3.63, 3.8) is 0 Å². The molecule has 0 saturated carbocycles. The van der Waals surface area contributed by atoms with Crippen LogP contribution in [-0.2, 0) is 14.3 Å². The van der Waals surface area contributed by atoms with Gasteiger partial charge in [-0.25, -0.2) is 4.79 Å². The van der Waals surface area contributed by atoms with Crippen molar-refractivity contribution in [2.75, 3.05) is 13.1 Å². The van der Waals surface area contributed by atoms with Crippen molar-refractivity contribution in [2.45, 2.75) is 118 Å². The average Bonchev–Trinajstić information content (AvgIpc) is 2.78. The molecule has 1 rings (SSSR count). The number of rotatable bonds is 15. The number of unbranched alkanes of at least 4 members (excludes halogenated alkanes) is 6. The molecule has 36 heavy (non-hydrogen) atoms. The summed E-state index contributed by atoms with van der Waals surface area (Å²) >= 11 is 0. The number of nitrogens with one attached hydrogen (secondary N) is 2. The van der Waals surface area contributed by atoms with Gasteiger partial charge in [0, 0.05) is 13.1 Å². The third-order valence-corrected chi connectivity index (χ3v) is 5.89. The van der Waals surface area contributed by atoms with Gasteiger partial charge in [0.25, 0.3) is 0 Å². The van der Waals surface area contributed by atoms with Crippen LogP contribution in [0.1, 0.15) is 110 Å². The quantitative estimate of drug-likeness (QED) is 0.285. The molecule has 3 amide bonds. The van der Waals surface area contributed by atoms with Crippen LogP contribution in [0.5, 0.6) is 0 Å². The zero-order valence-electron chi connectivity index (χ0n) is 23.6. The first-order valence-corrected chi connectivity index (χ1v) is 13.6. The van der Waals surface area contributed by atoms with Crippen LogP contribution in [0.15, 0.2) is 24.3 Å². The molecule has 204 valence electrons. The maximum absolute atomic E-state index is 13.7. The molecule has 0 spiro atoms. The Hall–Kier alpha value is -2.57. The van der Waals surface area contributed by atoms with Crippen LogP contribution in [0, 0.1) is 6.92 Å². The molecule has 0 fully saturated rings. The van der Waals surface area contributed by atoms with Crippen molar-refractivity contribution in [1.82, 2.24) is 15.5 Å². The molecule has 0 bridgehead atoms. The predicted octanol–water partition coefficient (Wildman–Crippen LogP) is 6.05. The monoisotopic (exact) mass is 503 g/mol. The van der Waals surface area contributed by atoms with Gasteiger partial charge < -0.3 is 20.3 Å². The number of benzene rings is 1. The van der Waals surface area contributed by atoms with Crippen LogP contribution < -0.4 is 10.6 Å². The number of carbonyl (C=O) groups is 3. The number of carbonyl (C=O) groups excluding carboxylic acids is 3. The summed E-state index contributed by atoms with van der Waals surface area (Å²) in [5.41, 5.74) is 1.12. The third kappa shape index (κ3) is 11.9. The minimum absolute atomic E-state index is 0.196. The van der Waals surface area contributed by atoms with Crippen molar-refractivity contribution in [2.24, 2.45) is 0 Å². The lowest BCUT2D eigenvalue weighted by Gasteiger charge is -2.34. The van der Waals surface area contributed by atoms with Crippen LogP contribution in [-0.4, -0.2) is 47.5 Å². The fourth-order valence-electron chi connectivity index (χ4n) is 4.02. The van der Waals surface area contributed by atoms with Crippen LogP contribution in [0.3, 0.4) is 0 Å². The van der Waals surface area contributed by atoms with Gasteiger partial charge in [-0.2, -0.15) is 0 Å². The van der Waals surface area contributed by atoms with Gasteiger partial charge in [0.05, 0.1) is 0 Å². The van der Waals surface area contributed by atoms with Crippen LogP contribution in [0.25, 0.3) is 0 Å². The molecule has 0 aliphatic carbocycles. The van der Waals surface area contributed by atoms with Gasteiger partial charge in [-0.1, -0.05) is 82.2 Å². The summed E-state index contributed by atoms with van der Waals surface area (Å²) in [5.74, 6) is -0.496. The normalized spacial score (nSPS) is 13.0. The first kappa shape index (κ1) is 31.5. The Morgan fingerprint density at radius 3 is 2.22 bits per heavy atom. The number of nitrogens with zero attached hydrogens (tertiary/aromatic N) is 1. The Balaban J connectivity index is 3.20. The van der Waals surface area contributed by atoms with E-state index in [0.29, 0.717) is 13.1 Å². The van der Waals surface area contributed by atoms with Crippen molar-refractivity contribution in [3.05, 3.63) is 35.4 Å². The molecule has 1 aromatic rings. The number of ether oxygens (including phenoxy) is 1. The summed E-state index contributed by atoms with van der Waals surface area (Å²) in [5, 5.41) is 5.68. The lowest BCUT2D eigenvalue weighted by atomic mass is 10.00. The fourth-order valence-corrected chi connectivity index (χ4v) is 4.02. The topological polar surface area (TPSA) is 87.7 Å². The van der Waals surface area contributed by atoms with E-state index < -0.39 is 23.8 Å². The van der Waals surface area contributed by atoms with Crippen molar-refractivity contribution in [1.29, 1.82) is 0 Å². The second kappa shape index (κ2) is 16.2. The Bertz CT molecular complexity index is 819. The minimum Gasteiger partial charge on any atom is -0.444 e. The second-order valence-corrected chi connectivity index (χ2v) is 10.6. The highest BCUT2D eigenvalue weighted by Crippen LogP contribution is 2.24. The lowest BCUT2D eigenvalue weighted by molar-refractivity contribution is -0.142. The van der Waals surface area contributed by atoms with Crippen LogP contribution in [0.2, 0.25) is 0 Å². The Labute approximate surface area is 218 Å². The van der Waals surface area contributed by atoms with E-state index in [1.165, 1.54) is 19.3 Å². The summed E-state index contributed by atoms with van der Waals surface area (Å²) in [6.07, 6.45) is 7.59. The first-order valence-electron chi connectivity index (χ1n) is 13.6. The Kier molecular flexibility index (Phi) is 14.2. The Morgan fingerprint density at radius 2 is 1.61 bits per heavy atom. The van der Waals surface area contributed by atoms with E-state index in [0.717, 1.165) is 43.2 Å². The molecule has 0 aromatic heterocycles. The molecule has 2 N–H and O–H groups in total. The molecule has 1 aromatic carbocycles. The van der Waals surface area contributed by atoms with E-state index >= 15 is 0 Å². The van der Waals surface area contributed by atoms with Crippen molar-refractivity contribution >= 4 is 17.9 Å². The zero-order chi connectivity index (χ0) is 27.1. The zero-order valence-corrected chi connectivity index (χ0v) is 23.6. The van der Waals surface area contributed by atoms with Gasteiger partial charge in [-0.05, 0) is 53.0 Å². The molecule has 0 aliphatic rings. The van der Waals surface area contributed by atoms with E-state index in [-0.39, 0.29) is 11.8 Å². The van der Waals surface area contributed by atoms with Gasteiger partial charge in [-0.3, -0.25) is 9.59 Å². The van der Waals surface area contributed by atoms with Crippen LogP contribution >= 0.6 is 0 Å². The number of alkyl carbamates (subject to hydrolysis) is 1. The summed E-state index contributed by atoms with van der Waals surface area (Å²) in [6.45, 7) is 14.2. The molecule has 2 unspecified atom stereocenters. The molecule has 2 atom stereocenters. The largest absolute Gasteiger partial charge is 0.444 e. The molecule has 0 radical (unpaired) electrons. The first-order chi connectivity index (χ1) is 17.0. The summed E-state index contributed by atoms with van der Waals surface area (Å²) in [4.78, 5) is 41.2. The van der Waals surface area contributed by atoms with Gasteiger partial charge in [-0.15, -0.1) is 0 Å². The maximum atomic E-state index is 13.7. The number of amides is 3. The molecule has 0 saturated heterocycles. The Morgan fingerprint density at radius 1 is 0.972 bits per heavy atom. The fraction of sp³-hybridized carbons (Fsp3) is 0.690. The molecule has 0 aliphatic heterocycles. The molecule has 0 heterocycles. The molecular formula is C29H49N3O4. The maximum Gasteiger partial charge on any atom is 0.408 e. The van der Waals surface area contributed by atoms with E-state index in [1.807, 2.05) is 31.2 Å². The lowest BCUT2D eigenvalue weighted by Crippen LogP contribution is -2.52. The van der Waals surface area contributed by atoms with Gasteiger partial charge in [0.15, 0.2) is 0 Å². The summed E-state index contributed by atoms with van der Waals surface area (Å²) in [6, 6.07) is 6.13. The van der Waals surface area contributed by atoms with Gasteiger partial charge in [0.2, 0.25) is 11.8 Å². The highest BCUT2D eigenvalue weighted by atomic mass is 16.6. The minimum atomic E-state index is -0.837. The average molecular weight is 504 g/mol. The molecular weight excluding hydrogens is 454 g/mol. The second-order valence-electron chi connectivity index (χ2n) is 10.6. The number of aryl methyl sites for hydroxylation is 1. The SMILES string of the molecule is CCCCCCCCN(C(=O)C(C)NC(=O)OC(C)(C)C)C(C(=O)NCCCC)c1cccc(C)c1. The van der Waals surface area contributed by atoms with Crippen molar-refractivity contribution < 1.29 is 19.1 Å². The molecule has 7 heteroatoms. The van der Waals surface area contributed by atoms with E-state index in [2.05, 4.69) is 24.5 Å². The van der Waals surface area contributed by atoms with Gasteiger partial charge >= 0.3 is 6.09 Å². The van der Waals surface area contributed by atoms with Gasteiger partial charge in [0.1, 0.15) is 17.7 Å². The van der Waals surface area contributed by atoms with Crippen LogP contribution in [0.4, 0.5) is 4.79 Å². The number of hydrogen-bond acceptors (Lipinski definition) is 4. The van der Waals surface area contributed by atoms with E-state index in [4.69, 9.17) is 4.74 Å². The highest BCUT2D eigenvalue weighted by molar-refractivity contribution is 5.92. The number of hydrogen-bond donors (Lipinski definition) is 2. The highest BCUT2D eigenvalue weighted by Gasteiger charge is 2.34. The van der Waals surface area contributed by atoms with Crippen molar-refractivity contribution in [3.8, 4) is 0 Å². The standard InChI is InChI=1S/C29H49N3O4/c1-8-10-12-13-14-15-20-32(27(34)23(4)31-28(35)36-29(5,6)7)25(26(33)30-19-11-9-2)24-18-16-17-22(3)21-24/h16-18,21,23,25H,8-15,19-20H2,1-7H3,(H,30,33)(H,31,35). The smallest absolute Gasteiger partial charge is 0.408 e.